The number of rotatable bonds is 3. The number of nitrogens with zero attached hydrogens (tertiary/aromatic N) is 1. The first kappa shape index (κ1) is 13.8. The summed E-state index contributed by atoms with van der Waals surface area (Å²) in [5, 5.41) is 3.97. The number of aryl methyl sites for hydroxylation is 1. The molecule has 0 aliphatic heterocycles. The van der Waals surface area contributed by atoms with Gasteiger partial charge in [-0.1, -0.05) is 19.9 Å². The first-order valence-electron chi connectivity index (χ1n) is 8.54. The second-order valence-corrected chi connectivity index (χ2v) is 9.07. The molecule has 0 amide bonds. The van der Waals surface area contributed by atoms with Crippen LogP contribution in [0.2, 0.25) is 0 Å². The van der Waals surface area contributed by atoms with Gasteiger partial charge in [0.05, 0.1) is 0 Å². The van der Waals surface area contributed by atoms with Crippen molar-refractivity contribution in [1.82, 2.24) is 10.3 Å². The molecule has 0 aromatic carbocycles. The highest BCUT2D eigenvalue weighted by molar-refractivity contribution is 5.17. The summed E-state index contributed by atoms with van der Waals surface area (Å²) < 4.78 is 0. The van der Waals surface area contributed by atoms with Gasteiger partial charge in [-0.05, 0) is 73.8 Å². The van der Waals surface area contributed by atoms with E-state index in [0.29, 0.717) is 16.4 Å². The van der Waals surface area contributed by atoms with Crippen LogP contribution in [0.4, 0.5) is 0 Å². The monoisotopic (exact) mass is 284 g/mol. The van der Waals surface area contributed by atoms with Crippen molar-refractivity contribution in [3.05, 3.63) is 29.6 Å². The summed E-state index contributed by atoms with van der Waals surface area (Å²) in [7, 11) is 0. The van der Waals surface area contributed by atoms with E-state index in [0.717, 1.165) is 18.2 Å². The zero-order valence-corrected chi connectivity index (χ0v) is 13.7. The van der Waals surface area contributed by atoms with Gasteiger partial charge in [0, 0.05) is 24.0 Å². The molecule has 2 unspecified atom stereocenters. The molecule has 1 heterocycles. The highest BCUT2D eigenvalue weighted by atomic mass is 15.0. The maximum absolute atomic E-state index is 4.43. The van der Waals surface area contributed by atoms with Crippen molar-refractivity contribution >= 4 is 0 Å². The molecule has 0 spiro atoms. The Morgan fingerprint density at radius 3 is 2.38 bits per heavy atom. The molecule has 5 rings (SSSR count). The van der Waals surface area contributed by atoms with E-state index in [4.69, 9.17) is 0 Å². The van der Waals surface area contributed by atoms with Crippen molar-refractivity contribution in [2.24, 2.45) is 16.7 Å². The summed E-state index contributed by atoms with van der Waals surface area (Å²) in [5.74, 6) is 0.958. The normalized spacial score (nSPS) is 44.2. The average Bonchev–Trinajstić information content (AvgIpc) is 2.34. The Bertz CT molecular complexity index is 529. The van der Waals surface area contributed by atoms with Gasteiger partial charge in [0.1, 0.15) is 0 Å². The standard InChI is InChI=1S/C19H28N2/c1-14-4-5-15(9-20-14)10-21-19-8-16-6-17(2,12-19)11-18(3,7-16)13-19/h4-5,9,16,21H,6-8,10-13H2,1-3H3. The topological polar surface area (TPSA) is 24.9 Å². The van der Waals surface area contributed by atoms with Gasteiger partial charge in [0.25, 0.3) is 0 Å². The summed E-state index contributed by atoms with van der Waals surface area (Å²) in [6, 6.07) is 4.35. The molecule has 0 radical (unpaired) electrons. The SMILES string of the molecule is Cc1ccc(CNC23CC4CC(C)(CC(C)(C4)C2)C3)cn1. The summed E-state index contributed by atoms with van der Waals surface area (Å²) >= 11 is 0. The minimum atomic E-state index is 0.397. The van der Waals surface area contributed by atoms with Crippen LogP contribution < -0.4 is 5.32 Å². The summed E-state index contributed by atoms with van der Waals surface area (Å²) in [4.78, 5) is 4.43. The Morgan fingerprint density at radius 1 is 1.10 bits per heavy atom. The summed E-state index contributed by atoms with van der Waals surface area (Å²) in [6.07, 6.45) is 10.6. The van der Waals surface area contributed by atoms with Crippen molar-refractivity contribution in [3.8, 4) is 0 Å². The van der Waals surface area contributed by atoms with Crippen molar-refractivity contribution in [2.75, 3.05) is 0 Å². The minimum Gasteiger partial charge on any atom is -0.307 e. The molecule has 4 fully saturated rings. The lowest BCUT2D eigenvalue weighted by Crippen LogP contribution is -2.63. The highest BCUT2D eigenvalue weighted by Crippen LogP contribution is 2.66. The second kappa shape index (κ2) is 4.32. The van der Waals surface area contributed by atoms with Gasteiger partial charge < -0.3 is 5.32 Å². The lowest BCUT2D eigenvalue weighted by molar-refractivity contribution is -0.118. The maximum atomic E-state index is 4.43. The molecule has 1 N–H and O–H groups in total. The van der Waals surface area contributed by atoms with Crippen LogP contribution in [0.3, 0.4) is 0 Å². The van der Waals surface area contributed by atoms with Crippen LogP contribution in [0.1, 0.15) is 63.6 Å². The Morgan fingerprint density at radius 2 is 1.81 bits per heavy atom. The van der Waals surface area contributed by atoms with Gasteiger partial charge in [0.2, 0.25) is 0 Å². The Balaban J connectivity index is 1.53. The lowest BCUT2D eigenvalue weighted by Gasteiger charge is -2.65. The molecular weight excluding hydrogens is 256 g/mol. The van der Waals surface area contributed by atoms with Gasteiger partial charge >= 0.3 is 0 Å². The third-order valence-electron chi connectivity index (χ3n) is 6.27. The Labute approximate surface area is 128 Å². The second-order valence-electron chi connectivity index (χ2n) is 9.07. The van der Waals surface area contributed by atoms with E-state index in [9.17, 15) is 0 Å². The zero-order chi connectivity index (χ0) is 14.7. The largest absolute Gasteiger partial charge is 0.307 e. The predicted octanol–water partition coefficient (Wildman–Crippen LogP) is 4.23. The molecule has 21 heavy (non-hydrogen) atoms. The number of pyridine rings is 1. The molecule has 0 saturated heterocycles. The molecule has 2 nitrogen and oxygen atoms in total. The molecule has 4 aliphatic rings. The fourth-order valence-corrected chi connectivity index (χ4v) is 6.54. The van der Waals surface area contributed by atoms with Crippen LogP contribution in [0.25, 0.3) is 0 Å². The van der Waals surface area contributed by atoms with Crippen molar-refractivity contribution < 1.29 is 0 Å². The molecule has 1 aromatic heterocycles. The molecule has 114 valence electrons. The third-order valence-corrected chi connectivity index (χ3v) is 6.27. The van der Waals surface area contributed by atoms with Crippen LogP contribution in [-0.2, 0) is 6.54 Å². The number of aromatic nitrogens is 1. The quantitative estimate of drug-likeness (QED) is 0.898. The van der Waals surface area contributed by atoms with Crippen molar-refractivity contribution in [1.29, 1.82) is 0 Å². The fraction of sp³-hybridized carbons (Fsp3) is 0.737. The third kappa shape index (κ3) is 2.42. The molecule has 2 atom stereocenters. The maximum Gasteiger partial charge on any atom is 0.0372 e. The first-order chi connectivity index (χ1) is 9.88. The molecule has 4 saturated carbocycles. The van der Waals surface area contributed by atoms with Crippen LogP contribution in [0.15, 0.2) is 18.3 Å². The van der Waals surface area contributed by atoms with Crippen molar-refractivity contribution in [3.63, 3.8) is 0 Å². The molecule has 4 bridgehead atoms. The van der Waals surface area contributed by atoms with Gasteiger partial charge in [-0.25, -0.2) is 0 Å². The lowest BCUT2D eigenvalue weighted by atomic mass is 9.43. The number of hydrogen-bond acceptors (Lipinski definition) is 2. The highest BCUT2D eigenvalue weighted by Gasteiger charge is 2.59. The fourth-order valence-electron chi connectivity index (χ4n) is 6.54. The molecule has 1 aromatic rings. The van der Waals surface area contributed by atoms with E-state index in [1.165, 1.54) is 44.1 Å². The van der Waals surface area contributed by atoms with E-state index in [1.54, 1.807) is 0 Å². The van der Waals surface area contributed by atoms with E-state index < -0.39 is 0 Å². The zero-order valence-electron chi connectivity index (χ0n) is 13.7. The molecular formula is C19H28N2. The summed E-state index contributed by atoms with van der Waals surface area (Å²) in [6.45, 7) is 8.11. The van der Waals surface area contributed by atoms with E-state index in [2.05, 4.69) is 43.2 Å². The predicted molar refractivity (Wildman–Crippen MR) is 86.0 cm³/mol. The van der Waals surface area contributed by atoms with Gasteiger partial charge in [-0.2, -0.15) is 0 Å². The molecule has 2 heteroatoms. The van der Waals surface area contributed by atoms with E-state index >= 15 is 0 Å². The van der Waals surface area contributed by atoms with Gasteiger partial charge in [-0.15, -0.1) is 0 Å². The number of nitrogens with one attached hydrogen (secondary N) is 1. The van der Waals surface area contributed by atoms with E-state index in [1.807, 2.05) is 6.20 Å². The Kier molecular flexibility index (Phi) is 2.83. The van der Waals surface area contributed by atoms with Crippen LogP contribution >= 0.6 is 0 Å². The average molecular weight is 284 g/mol. The first-order valence-corrected chi connectivity index (χ1v) is 8.54. The molecule has 4 aliphatic carbocycles. The van der Waals surface area contributed by atoms with Gasteiger partial charge in [0.15, 0.2) is 0 Å². The van der Waals surface area contributed by atoms with Crippen LogP contribution in [0.5, 0.6) is 0 Å². The Hall–Kier alpha value is -0.890. The van der Waals surface area contributed by atoms with Crippen molar-refractivity contribution in [2.45, 2.75) is 71.4 Å². The van der Waals surface area contributed by atoms with Gasteiger partial charge in [-0.3, -0.25) is 4.98 Å². The van der Waals surface area contributed by atoms with E-state index in [-0.39, 0.29) is 0 Å². The number of hydrogen-bond donors (Lipinski definition) is 1. The smallest absolute Gasteiger partial charge is 0.0372 e. The minimum absolute atomic E-state index is 0.397. The van der Waals surface area contributed by atoms with Crippen LogP contribution in [0, 0.1) is 23.7 Å². The summed E-state index contributed by atoms with van der Waals surface area (Å²) in [5.41, 5.74) is 4.01. The van der Waals surface area contributed by atoms with Crippen LogP contribution in [-0.4, -0.2) is 10.5 Å².